The van der Waals surface area contributed by atoms with E-state index in [2.05, 4.69) is 25.7 Å². The van der Waals surface area contributed by atoms with Crippen LogP contribution >= 0.6 is 0 Å². The van der Waals surface area contributed by atoms with Gasteiger partial charge in [0.25, 0.3) is 0 Å². The van der Waals surface area contributed by atoms with Crippen molar-refractivity contribution >= 4 is 5.97 Å². The fraction of sp³-hybridized carbons (Fsp3) is 0.909. The molecule has 0 saturated heterocycles. The summed E-state index contributed by atoms with van der Waals surface area (Å²) in [5, 5.41) is 8.63. The van der Waals surface area contributed by atoms with E-state index in [0.717, 1.165) is 6.54 Å². The van der Waals surface area contributed by atoms with Crippen LogP contribution in [-0.4, -0.2) is 35.1 Å². The number of rotatable bonds is 6. The summed E-state index contributed by atoms with van der Waals surface area (Å²) in [5.41, 5.74) is 0.453. The summed E-state index contributed by atoms with van der Waals surface area (Å²) in [7, 11) is 0. The molecule has 0 aromatic carbocycles. The van der Waals surface area contributed by atoms with Gasteiger partial charge in [0, 0.05) is 12.6 Å². The van der Waals surface area contributed by atoms with E-state index in [-0.39, 0.29) is 6.42 Å². The molecule has 0 amide bonds. The number of aliphatic carboxylic acids is 1. The average molecular weight is 199 g/mol. The van der Waals surface area contributed by atoms with E-state index in [4.69, 9.17) is 5.11 Å². The predicted molar refractivity (Wildman–Crippen MR) is 56.3 cm³/mol. The highest BCUT2D eigenvalue weighted by atomic mass is 16.4. The van der Waals surface area contributed by atoms with Gasteiger partial charge in [0.1, 0.15) is 0 Å². The minimum Gasteiger partial charge on any atom is -0.481 e. The monoisotopic (exact) mass is 199 g/mol. The topological polar surface area (TPSA) is 40.5 Å². The normalized spacial score (nSPS) is 20.9. The van der Waals surface area contributed by atoms with Crippen LogP contribution in [0.5, 0.6) is 0 Å². The first-order valence-corrected chi connectivity index (χ1v) is 5.45. The predicted octanol–water partition coefficient (Wildman–Crippen LogP) is 1.97. The second kappa shape index (κ2) is 4.30. The van der Waals surface area contributed by atoms with Crippen molar-refractivity contribution in [1.82, 2.24) is 4.90 Å². The summed E-state index contributed by atoms with van der Waals surface area (Å²) in [6, 6.07) is 0.520. The number of hydrogen-bond donors (Lipinski definition) is 1. The fourth-order valence-electron chi connectivity index (χ4n) is 1.92. The maximum absolute atomic E-state index is 10.5. The molecular formula is C11H21NO2. The van der Waals surface area contributed by atoms with Gasteiger partial charge in [-0.25, -0.2) is 0 Å². The maximum atomic E-state index is 10.5. The molecule has 0 spiro atoms. The Bertz CT molecular complexity index is 211. The first-order valence-electron chi connectivity index (χ1n) is 5.45. The Hall–Kier alpha value is -0.570. The van der Waals surface area contributed by atoms with Gasteiger partial charge in [0.15, 0.2) is 0 Å². The molecule has 0 aromatic heterocycles. The maximum Gasteiger partial charge on any atom is 0.304 e. The Labute approximate surface area is 86.1 Å². The number of nitrogens with zero attached hydrogens (tertiary/aromatic N) is 1. The van der Waals surface area contributed by atoms with Crippen LogP contribution in [-0.2, 0) is 4.79 Å². The minimum atomic E-state index is -0.698. The highest BCUT2D eigenvalue weighted by Crippen LogP contribution is 2.49. The molecule has 82 valence electrons. The van der Waals surface area contributed by atoms with E-state index >= 15 is 0 Å². The summed E-state index contributed by atoms with van der Waals surface area (Å²) in [6.07, 6.45) is 2.84. The summed E-state index contributed by atoms with van der Waals surface area (Å²) in [6.45, 7) is 8.25. The van der Waals surface area contributed by atoms with Gasteiger partial charge in [-0.05, 0) is 31.7 Å². The van der Waals surface area contributed by atoms with Crippen LogP contribution in [0.4, 0.5) is 0 Å². The lowest BCUT2D eigenvalue weighted by Gasteiger charge is -2.32. The fourth-order valence-corrected chi connectivity index (χ4v) is 1.92. The first kappa shape index (κ1) is 11.5. The summed E-state index contributed by atoms with van der Waals surface area (Å²) in [5.74, 6) is -0.698. The number of hydrogen-bond acceptors (Lipinski definition) is 2. The largest absolute Gasteiger partial charge is 0.481 e. The summed E-state index contributed by atoms with van der Waals surface area (Å²) >= 11 is 0. The molecule has 3 nitrogen and oxygen atoms in total. The van der Waals surface area contributed by atoms with Gasteiger partial charge in [0.05, 0.1) is 6.42 Å². The molecule has 1 aliphatic rings. The molecule has 1 rings (SSSR count). The number of carbonyl (C=O) groups is 1. The molecular weight excluding hydrogens is 178 g/mol. The van der Waals surface area contributed by atoms with Crippen molar-refractivity contribution in [1.29, 1.82) is 0 Å². The summed E-state index contributed by atoms with van der Waals surface area (Å²) in [4.78, 5) is 12.8. The lowest BCUT2D eigenvalue weighted by Crippen LogP contribution is -2.39. The summed E-state index contributed by atoms with van der Waals surface area (Å²) < 4.78 is 0. The highest BCUT2D eigenvalue weighted by molar-refractivity contribution is 5.66. The Morgan fingerprint density at radius 3 is 2.50 bits per heavy atom. The third-order valence-electron chi connectivity index (χ3n) is 3.61. The third-order valence-corrected chi connectivity index (χ3v) is 3.61. The average Bonchev–Trinajstić information content (AvgIpc) is 2.85. The van der Waals surface area contributed by atoms with Crippen molar-refractivity contribution in [3.05, 3.63) is 0 Å². The Morgan fingerprint density at radius 2 is 2.14 bits per heavy atom. The molecule has 1 atom stereocenters. The van der Waals surface area contributed by atoms with Crippen molar-refractivity contribution < 1.29 is 9.90 Å². The molecule has 0 radical (unpaired) electrons. The van der Waals surface area contributed by atoms with Crippen molar-refractivity contribution in [2.45, 2.75) is 46.1 Å². The van der Waals surface area contributed by atoms with E-state index in [0.29, 0.717) is 18.0 Å². The van der Waals surface area contributed by atoms with E-state index in [1.54, 1.807) is 0 Å². The standard InChI is InChI=1S/C11H21NO2/c1-4-12(8-5-10(13)14)9(2)11(3)6-7-11/h9H,4-8H2,1-3H3,(H,13,14). The zero-order chi connectivity index (χ0) is 10.8. The van der Waals surface area contributed by atoms with Gasteiger partial charge < -0.3 is 5.11 Å². The molecule has 3 heteroatoms. The van der Waals surface area contributed by atoms with Crippen LogP contribution < -0.4 is 0 Å². The SMILES string of the molecule is CCN(CCC(=O)O)C(C)C1(C)CC1. The van der Waals surface area contributed by atoms with Crippen LogP contribution in [0.15, 0.2) is 0 Å². The molecule has 0 bridgehead atoms. The Morgan fingerprint density at radius 1 is 1.57 bits per heavy atom. The lowest BCUT2D eigenvalue weighted by molar-refractivity contribution is -0.137. The first-order chi connectivity index (χ1) is 6.49. The molecule has 1 N–H and O–H groups in total. The van der Waals surface area contributed by atoms with Crippen molar-refractivity contribution in [2.24, 2.45) is 5.41 Å². The smallest absolute Gasteiger partial charge is 0.304 e. The molecule has 14 heavy (non-hydrogen) atoms. The van der Waals surface area contributed by atoms with Crippen LogP contribution in [0.1, 0.15) is 40.0 Å². The van der Waals surface area contributed by atoms with Gasteiger partial charge in [-0.1, -0.05) is 13.8 Å². The van der Waals surface area contributed by atoms with Crippen LogP contribution in [0.25, 0.3) is 0 Å². The third kappa shape index (κ3) is 2.71. The Kier molecular flexibility index (Phi) is 3.53. The zero-order valence-corrected chi connectivity index (χ0v) is 9.42. The van der Waals surface area contributed by atoms with E-state index < -0.39 is 5.97 Å². The van der Waals surface area contributed by atoms with Gasteiger partial charge in [-0.15, -0.1) is 0 Å². The molecule has 0 aromatic rings. The highest BCUT2D eigenvalue weighted by Gasteiger charge is 2.44. The van der Waals surface area contributed by atoms with E-state index in [1.807, 2.05) is 0 Å². The van der Waals surface area contributed by atoms with E-state index in [1.165, 1.54) is 12.8 Å². The van der Waals surface area contributed by atoms with Crippen LogP contribution in [0.2, 0.25) is 0 Å². The van der Waals surface area contributed by atoms with Crippen LogP contribution in [0.3, 0.4) is 0 Å². The second-order valence-corrected chi connectivity index (χ2v) is 4.60. The van der Waals surface area contributed by atoms with Gasteiger partial charge >= 0.3 is 5.97 Å². The second-order valence-electron chi connectivity index (χ2n) is 4.60. The molecule has 1 saturated carbocycles. The quantitative estimate of drug-likeness (QED) is 0.711. The van der Waals surface area contributed by atoms with Crippen molar-refractivity contribution in [3.63, 3.8) is 0 Å². The Balaban J connectivity index is 2.40. The molecule has 1 aliphatic carbocycles. The minimum absolute atomic E-state index is 0.258. The van der Waals surface area contributed by atoms with Gasteiger partial charge in [-0.2, -0.15) is 0 Å². The molecule has 1 unspecified atom stereocenters. The molecule has 0 aliphatic heterocycles. The molecule has 0 heterocycles. The van der Waals surface area contributed by atoms with Gasteiger partial charge in [-0.3, -0.25) is 9.69 Å². The number of carboxylic acid groups (broad SMARTS) is 1. The molecule has 1 fully saturated rings. The van der Waals surface area contributed by atoms with E-state index in [9.17, 15) is 4.79 Å². The lowest BCUT2D eigenvalue weighted by atomic mass is 9.99. The van der Waals surface area contributed by atoms with Gasteiger partial charge in [0.2, 0.25) is 0 Å². The van der Waals surface area contributed by atoms with Crippen molar-refractivity contribution in [2.75, 3.05) is 13.1 Å². The van der Waals surface area contributed by atoms with Crippen LogP contribution in [0, 0.1) is 5.41 Å². The van der Waals surface area contributed by atoms with Crippen molar-refractivity contribution in [3.8, 4) is 0 Å². The zero-order valence-electron chi connectivity index (χ0n) is 9.42. The number of carboxylic acids is 1.